The van der Waals surface area contributed by atoms with Crippen molar-refractivity contribution in [3.8, 4) is 11.5 Å². The lowest BCUT2D eigenvalue weighted by molar-refractivity contribution is -0.255. The van der Waals surface area contributed by atoms with Gasteiger partial charge in [0.2, 0.25) is 5.82 Å². The van der Waals surface area contributed by atoms with Crippen LogP contribution in [-0.2, 0) is 0 Å². The minimum atomic E-state index is -1.36. The molecule has 1 aromatic rings. The molecule has 0 radical (unpaired) electrons. The van der Waals surface area contributed by atoms with E-state index in [1.54, 1.807) is 0 Å². The Morgan fingerprint density at radius 1 is 0.893 bits per heavy atom. The van der Waals surface area contributed by atoms with Crippen LogP contribution in [0.15, 0.2) is 12.1 Å². The average molecular weight is 392 g/mol. The van der Waals surface area contributed by atoms with Crippen LogP contribution in [0, 0.1) is 17.7 Å². The van der Waals surface area contributed by atoms with Crippen LogP contribution in [0.25, 0.3) is 0 Å². The van der Waals surface area contributed by atoms with Crippen molar-refractivity contribution in [1.82, 2.24) is 0 Å². The Balaban J connectivity index is 2.00. The molecule has 2 aliphatic rings. The summed E-state index contributed by atoms with van der Waals surface area (Å²) in [7, 11) is 0. The third kappa shape index (κ3) is 3.85. The molecule has 2 aliphatic carbocycles. The summed E-state index contributed by atoms with van der Waals surface area (Å²) in [4.78, 5) is 11.6. The summed E-state index contributed by atoms with van der Waals surface area (Å²) >= 11 is 0. The van der Waals surface area contributed by atoms with Crippen LogP contribution < -0.4 is 14.6 Å². The van der Waals surface area contributed by atoms with Crippen molar-refractivity contribution in [1.29, 1.82) is 0 Å². The molecule has 0 spiro atoms. The first-order valence-electron chi connectivity index (χ1n) is 10.6. The van der Waals surface area contributed by atoms with E-state index in [0.717, 1.165) is 51.4 Å². The SMILES string of the molecule is CC(C)C1(Oc2cc(C(=O)[O-])cc(OC3(C(C)C)CCCC3)c2F)CCCC1. The molecule has 28 heavy (non-hydrogen) atoms. The lowest BCUT2D eigenvalue weighted by Crippen LogP contribution is -2.40. The summed E-state index contributed by atoms with van der Waals surface area (Å²) in [5.41, 5.74) is -1.04. The molecule has 2 fully saturated rings. The number of carboxylic acid groups (broad SMARTS) is 1. The van der Waals surface area contributed by atoms with Gasteiger partial charge in [-0.2, -0.15) is 4.39 Å². The molecule has 4 nitrogen and oxygen atoms in total. The maximum absolute atomic E-state index is 15.4. The van der Waals surface area contributed by atoms with Crippen molar-refractivity contribution in [3.63, 3.8) is 0 Å². The van der Waals surface area contributed by atoms with Gasteiger partial charge < -0.3 is 19.4 Å². The Labute approximate surface area is 167 Å². The van der Waals surface area contributed by atoms with Gasteiger partial charge in [-0.05, 0) is 75.3 Å². The second-order valence-corrected chi connectivity index (χ2v) is 9.13. The third-order valence-corrected chi connectivity index (χ3v) is 6.87. The van der Waals surface area contributed by atoms with Gasteiger partial charge in [0.25, 0.3) is 0 Å². The maximum atomic E-state index is 15.4. The molecular formula is C23H32FO4-. The summed E-state index contributed by atoms with van der Waals surface area (Å²) < 4.78 is 27.8. The monoisotopic (exact) mass is 391 g/mol. The van der Waals surface area contributed by atoms with E-state index in [0.29, 0.717) is 0 Å². The molecule has 0 heterocycles. The fraction of sp³-hybridized carbons (Fsp3) is 0.696. The van der Waals surface area contributed by atoms with E-state index in [9.17, 15) is 9.90 Å². The minimum Gasteiger partial charge on any atom is -0.545 e. The predicted molar refractivity (Wildman–Crippen MR) is 104 cm³/mol. The van der Waals surface area contributed by atoms with Crippen molar-refractivity contribution in [2.45, 2.75) is 90.3 Å². The quantitative estimate of drug-likeness (QED) is 0.664. The van der Waals surface area contributed by atoms with E-state index in [-0.39, 0.29) is 28.9 Å². The van der Waals surface area contributed by atoms with Crippen LogP contribution in [0.5, 0.6) is 11.5 Å². The molecule has 0 bridgehead atoms. The number of rotatable bonds is 7. The topological polar surface area (TPSA) is 58.6 Å². The van der Waals surface area contributed by atoms with E-state index in [4.69, 9.17) is 9.47 Å². The van der Waals surface area contributed by atoms with Gasteiger partial charge in [0, 0.05) is 5.56 Å². The zero-order valence-corrected chi connectivity index (χ0v) is 17.5. The smallest absolute Gasteiger partial charge is 0.206 e. The number of carboxylic acids is 1. The molecule has 2 saturated carbocycles. The minimum absolute atomic E-state index is 0.0378. The van der Waals surface area contributed by atoms with Gasteiger partial charge in [-0.15, -0.1) is 0 Å². The van der Waals surface area contributed by atoms with Gasteiger partial charge in [-0.3, -0.25) is 0 Å². The lowest BCUT2D eigenvalue weighted by atomic mass is 9.88. The highest BCUT2D eigenvalue weighted by atomic mass is 19.1. The fourth-order valence-corrected chi connectivity index (χ4v) is 4.82. The molecule has 0 N–H and O–H groups in total. The molecular weight excluding hydrogens is 359 g/mol. The Morgan fingerprint density at radius 2 is 1.25 bits per heavy atom. The highest BCUT2D eigenvalue weighted by Crippen LogP contribution is 2.45. The summed E-state index contributed by atoms with van der Waals surface area (Å²) in [5, 5.41) is 11.6. The third-order valence-electron chi connectivity index (χ3n) is 6.87. The van der Waals surface area contributed by atoms with Crippen molar-refractivity contribution in [2.24, 2.45) is 11.8 Å². The summed E-state index contributed by atoms with van der Waals surface area (Å²) in [6.45, 7) is 8.26. The van der Waals surface area contributed by atoms with Gasteiger partial charge >= 0.3 is 0 Å². The Kier molecular flexibility index (Phi) is 5.92. The number of hydrogen-bond donors (Lipinski definition) is 0. The van der Waals surface area contributed by atoms with Gasteiger partial charge in [-0.25, -0.2) is 0 Å². The van der Waals surface area contributed by atoms with E-state index < -0.39 is 23.0 Å². The van der Waals surface area contributed by atoms with Gasteiger partial charge in [0.05, 0.1) is 5.97 Å². The van der Waals surface area contributed by atoms with Crippen LogP contribution >= 0.6 is 0 Å². The van der Waals surface area contributed by atoms with Crippen molar-refractivity contribution in [2.75, 3.05) is 0 Å². The normalized spacial score (nSPS) is 20.7. The van der Waals surface area contributed by atoms with Crippen LogP contribution in [0.1, 0.15) is 89.4 Å². The molecule has 0 saturated heterocycles. The summed E-state index contributed by atoms with van der Waals surface area (Å²) in [6.07, 6.45) is 7.47. The van der Waals surface area contributed by atoms with Crippen molar-refractivity contribution >= 4 is 5.97 Å². The lowest BCUT2D eigenvalue weighted by Gasteiger charge is -2.36. The molecule has 1 aromatic carbocycles. The van der Waals surface area contributed by atoms with Crippen LogP contribution in [-0.4, -0.2) is 17.2 Å². The highest BCUT2D eigenvalue weighted by molar-refractivity contribution is 5.87. The van der Waals surface area contributed by atoms with Crippen molar-refractivity contribution in [3.05, 3.63) is 23.5 Å². The first-order chi connectivity index (χ1) is 13.2. The van der Waals surface area contributed by atoms with E-state index in [1.807, 2.05) is 0 Å². The Morgan fingerprint density at radius 3 is 1.54 bits per heavy atom. The highest BCUT2D eigenvalue weighted by Gasteiger charge is 2.42. The predicted octanol–water partition coefficient (Wildman–Crippen LogP) is 4.88. The maximum Gasteiger partial charge on any atom is 0.206 e. The average Bonchev–Trinajstić information content (AvgIpc) is 3.29. The molecule has 0 aromatic heterocycles. The van der Waals surface area contributed by atoms with Crippen LogP contribution in [0.2, 0.25) is 0 Å². The van der Waals surface area contributed by atoms with Gasteiger partial charge in [-0.1, -0.05) is 27.7 Å². The number of ether oxygens (including phenoxy) is 2. The van der Waals surface area contributed by atoms with Gasteiger partial charge in [0.15, 0.2) is 11.5 Å². The van der Waals surface area contributed by atoms with Crippen LogP contribution in [0.4, 0.5) is 4.39 Å². The number of halogens is 1. The zero-order chi connectivity index (χ0) is 20.5. The van der Waals surface area contributed by atoms with Gasteiger partial charge in [0.1, 0.15) is 11.2 Å². The molecule has 5 heteroatoms. The molecule has 0 atom stereocenters. The first kappa shape index (κ1) is 20.9. The fourth-order valence-electron chi connectivity index (χ4n) is 4.82. The van der Waals surface area contributed by atoms with Crippen LogP contribution in [0.3, 0.4) is 0 Å². The standard InChI is InChI=1S/C23H33FO4/c1-15(2)22(9-5-6-10-22)27-18-13-17(21(25)26)14-19(20(18)24)28-23(16(3)4)11-7-8-12-23/h13-16H,5-12H2,1-4H3,(H,25,26)/p-1. The van der Waals surface area contributed by atoms with E-state index in [2.05, 4.69) is 27.7 Å². The number of benzene rings is 1. The number of hydrogen-bond acceptors (Lipinski definition) is 4. The second-order valence-electron chi connectivity index (χ2n) is 9.13. The zero-order valence-electron chi connectivity index (χ0n) is 17.5. The largest absolute Gasteiger partial charge is 0.545 e. The number of aromatic carboxylic acids is 1. The van der Waals surface area contributed by atoms with Crippen molar-refractivity contribution < 1.29 is 23.8 Å². The van der Waals surface area contributed by atoms with E-state index in [1.165, 1.54) is 12.1 Å². The number of carbonyl (C=O) groups excluding carboxylic acids is 1. The molecule has 0 unspecified atom stereocenters. The Bertz CT molecular complexity index is 662. The molecule has 156 valence electrons. The van der Waals surface area contributed by atoms with E-state index >= 15 is 4.39 Å². The Hall–Kier alpha value is -1.78. The molecule has 3 rings (SSSR count). The summed E-state index contributed by atoms with van der Waals surface area (Å²) in [6, 6.07) is 2.49. The number of carbonyl (C=O) groups is 1. The molecule has 0 amide bonds. The summed E-state index contributed by atoms with van der Waals surface area (Å²) in [5.74, 6) is -1.65. The first-order valence-corrected chi connectivity index (χ1v) is 10.6. The second kappa shape index (κ2) is 7.92. The molecule has 0 aliphatic heterocycles.